The zero-order chi connectivity index (χ0) is 19.1. The number of amides is 1. The molecule has 1 amide bonds. The minimum atomic E-state index is -0.539. The van der Waals surface area contributed by atoms with Crippen molar-refractivity contribution in [2.45, 2.75) is 20.1 Å². The van der Waals surface area contributed by atoms with Crippen molar-refractivity contribution in [3.8, 4) is 6.07 Å². The number of nitrogens with zero attached hydrogens (tertiary/aromatic N) is 3. The first kappa shape index (κ1) is 19.6. The number of hydrazone groups is 1. The van der Waals surface area contributed by atoms with Crippen molar-refractivity contribution in [3.63, 3.8) is 0 Å². The van der Waals surface area contributed by atoms with Crippen LogP contribution >= 0.6 is 15.9 Å². The van der Waals surface area contributed by atoms with Crippen molar-refractivity contribution in [1.29, 1.82) is 5.26 Å². The summed E-state index contributed by atoms with van der Waals surface area (Å²) in [6.07, 6.45) is 1.51. The minimum Gasteiger partial charge on any atom is -0.380 e. The number of aromatic nitrogens is 1. The van der Waals surface area contributed by atoms with E-state index < -0.39 is 11.5 Å². The maximum Gasteiger partial charge on any atom is 0.269 e. The number of nitrogens with one attached hydrogen (secondary N) is 1. The molecule has 0 bridgehead atoms. The molecule has 1 N–H and O–H groups in total. The number of benzene rings is 1. The molecule has 1 aromatic carbocycles. The Balaban J connectivity index is 2.22. The lowest BCUT2D eigenvalue weighted by Gasteiger charge is -2.15. The second kappa shape index (κ2) is 9.08. The van der Waals surface area contributed by atoms with Crippen LogP contribution in [0.1, 0.15) is 22.4 Å². The van der Waals surface area contributed by atoms with E-state index in [0.29, 0.717) is 15.7 Å². The lowest BCUT2D eigenvalue weighted by Crippen LogP contribution is -2.33. The Kier molecular flexibility index (Phi) is 6.83. The predicted octanol–water partition coefficient (Wildman–Crippen LogP) is 2.09. The van der Waals surface area contributed by atoms with E-state index in [1.807, 2.05) is 36.4 Å². The van der Waals surface area contributed by atoms with E-state index in [4.69, 9.17) is 4.74 Å². The van der Waals surface area contributed by atoms with E-state index in [1.54, 1.807) is 6.92 Å². The molecule has 1 heterocycles. The first-order chi connectivity index (χ1) is 12.5. The molecule has 8 heteroatoms. The average molecular weight is 417 g/mol. The summed E-state index contributed by atoms with van der Waals surface area (Å²) in [7, 11) is 1.48. The maximum atomic E-state index is 12.5. The number of nitriles is 1. The molecule has 1 aromatic heterocycles. The number of hydrogen-bond donors (Lipinski definition) is 1. The minimum absolute atomic E-state index is 0.0510. The molecule has 0 aliphatic carbocycles. The molecule has 2 aromatic rings. The molecule has 0 fully saturated rings. The van der Waals surface area contributed by atoms with Crippen LogP contribution in [0, 0.1) is 18.3 Å². The van der Waals surface area contributed by atoms with E-state index >= 15 is 0 Å². The molecule has 0 unspecified atom stereocenters. The number of carbonyl (C=O) groups excluding carboxylic acids is 1. The molecule has 0 saturated carbocycles. The third-order valence-corrected chi connectivity index (χ3v) is 4.71. The summed E-state index contributed by atoms with van der Waals surface area (Å²) in [5.41, 5.74) is 3.62. The number of halogens is 1. The van der Waals surface area contributed by atoms with Gasteiger partial charge in [0.05, 0.1) is 12.8 Å². The monoisotopic (exact) mass is 416 g/mol. The highest BCUT2D eigenvalue weighted by atomic mass is 79.9. The largest absolute Gasteiger partial charge is 0.380 e. The van der Waals surface area contributed by atoms with Gasteiger partial charge in [0, 0.05) is 22.8 Å². The van der Waals surface area contributed by atoms with E-state index in [9.17, 15) is 14.9 Å². The van der Waals surface area contributed by atoms with Gasteiger partial charge in [0.1, 0.15) is 18.2 Å². The van der Waals surface area contributed by atoms with E-state index in [2.05, 4.69) is 26.5 Å². The van der Waals surface area contributed by atoms with Crippen molar-refractivity contribution >= 4 is 28.1 Å². The lowest BCUT2D eigenvalue weighted by molar-refractivity contribution is -0.121. The van der Waals surface area contributed by atoms with Gasteiger partial charge in [-0.3, -0.25) is 9.59 Å². The summed E-state index contributed by atoms with van der Waals surface area (Å²) >= 11 is 3.38. The van der Waals surface area contributed by atoms with Crippen LogP contribution in [0.4, 0.5) is 0 Å². The van der Waals surface area contributed by atoms with Crippen LogP contribution in [0.2, 0.25) is 0 Å². The second-order valence-corrected chi connectivity index (χ2v) is 6.19. The Morgan fingerprint density at radius 3 is 2.73 bits per heavy atom. The van der Waals surface area contributed by atoms with E-state index in [-0.39, 0.29) is 18.7 Å². The third-order valence-electron chi connectivity index (χ3n) is 3.65. The van der Waals surface area contributed by atoms with Gasteiger partial charge in [-0.15, -0.1) is 0 Å². The number of carbonyl (C=O) groups is 1. The zero-order valence-corrected chi connectivity index (χ0v) is 15.9. The fraction of sp³-hybridized carbons (Fsp3) is 0.222. The van der Waals surface area contributed by atoms with Gasteiger partial charge in [-0.05, 0) is 28.4 Å². The van der Waals surface area contributed by atoms with Crippen molar-refractivity contribution in [2.24, 2.45) is 5.10 Å². The van der Waals surface area contributed by atoms with Gasteiger partial charge in [0.25, 0.3) is 11.5 Å². The first-order valence-electron chi connectivity index (χ1n) is 7.67. The Hall–Kier alpha value is -2.76. The van der Waals surface area contributed by atoms with Gasteiger partial charge >= 0.3 is 0 Å². The van der Waals surface area contributed by atoms with Crippen LogP contribution in [-0.4, -0.2) is 23.8 Å². The Morgan fingerprint density at radius 1 is 1.42 bits per heavy atom. The van der Waals surface area contributed by atoms with Crippen molar-refractivity contribution in [1.82, 2.24) is 9.99 Å². The highest BCUT2D eigenvalue weighted by Crippen LogP contribution is 2.23. The highest BCUT2D eigenvalue weighted by Gasteiger charge is 2.19. The number of ether oxygens (including phenoxy) is 1. The third kappa shape index (κ3) is 4.45. The van der Waals surface area contributed by atoms with E-state index in [0.717, 1.165) is 5.56 Å². The zero-order valence-electron chi connectivity index (χ0n) is 14.3. The van der Waals surface area contributed by atoms with Crippen molar-refractivity contribution < 1.29 is 9.53 Å². The number of methoxy groups -OCH3 is 1. The molecule has 0 aliphatic heterocycles. The Labute approximate surface area is 159 Å². The number of pyridine rings is 1. The SMILES string of the molecule is COCc1c(Br)c(C)n(CC(=O)NN=Cc2ccccc2)c(=O)c1C#N. The Morgan fingerprint density at radius 2 is 2.12 bits per heavy atom. The summed E-state index contributed by atoms with van der Waals surface area (Å²) in [6.45, 7) is 1.55. The summed E-state index contributed by atoms with van der Waals surface area (Å²) in [4.78, 5) is 24.7. The molecule has 0 saturated heterocycles. The smallest absolute Gasteiger partial charge is 0.269 e. The average Bonchev–Trinajstić information content (AvgIpc) is 2.64. The van der Waals surface area contributed by atoms with Crippen LogP contribution in [0.15, 0.2) is 44.7 Å². The molecule has 26 heavy (non-hydrogen) atoms. The molecule has 0 aliphatic rings. The molecule has 2 rings (SSSR count). The summed E-state index contributed by atoms with van der Waals surface area (Å²) in [6, 6.07) is 11.2. The number of hydrogen-bond acceptors (Lipinski definition) is 5. The quantitative estimate of drug-likeness (QED) is 0.575. The molecule has 7 nitrogen and oxygen atoms in total. The lowest BCUT2D eigenvalue weighted by atomic mass is 10.1. The fourth-order valence-electron chi connectivity index (χ4n) is 2.35. The molecule has 0 atom stereocenters. The molecule has 134 valence electrons. The Bertz CT molecular complexity index is 930. The van der Waals surface area contributed by atoms with Gasteiger partial charge in [0.15, 0.2) is 0 Å². The molecular weight excluding hydrogens is 400 g/mol. The van der Waals surface area contributed by atoms with Crippen LogP contribution in [0.25, 0.3) is 0 Å². The summed E-state index contributed by atoms with van der Waals surface area (Å²) < 4.78 is 6.85. The van der Waals surface area contributed by atoms with Crippen LogP contribution in [-0.2, 0) is 22.7 Å². The van der Waals surface area contributed by atoms with E-state index in [1.165, 1.54) is 17.9 Å². The van der Waals surface area contributed by atoms with Crippen LogP contribution in [0.3, 0.4) is 0 Å². The first-order valence-corrected chi connectivity index (χ1v) is 8.46. The van der Waals surface area contributed by atoms with Gasteiger partial charge in [-0.1, -0.05) is 30.3 Å². The van der Waals surface area contributed by atoms with Crippen molar-refractivity contribution in [3.05, 3.63) is 67.5 Å². The van der Waals surface area contributed by atoms with Crippen LogP contribution in [0.5, 0.6) is 0 Å². The fourth-order valence-corrected chi connectivity index (χ4v) is 2.87. The molecular formula is C18H17BrN4O3. The summed E-state index contributed by atoms with van der Waals surface area (Å²) in [5, 5.41) is 13.2. The van der Waals surface area contributed by atoms with Gasteiger partial charge < -0.3 is 9.30 Å². The van der Waals surface area contributed by atoms with Crippen molar-refractivity contribution in [2.75, 3.05) is 7.11 Å². The standard InChI is InChI=1S/C18H17BrN4O3/c1-12-17(19)15(11-26-2)14(8-20)18(25)23(12)10-16(24)22-21-9-13-6-4-3-5-7-13/h3-7,9H,10-11H2,1-2H3,(H,22,24). The summed E-state index contributed by atoms with van der Waals surface area (Å²) in [5.74, 6) is -0.474. The topological polar surface area (TPSA) is 96.5 Å². The van der Waals surface area contributed by atoms with Gasteiger partial charge in [-0.2, -0.15) is 10.4 Å². The van der Waals surface area contributed by atoms with Crippen LogP contribution < -0.4 is 11.0 Å². The van der Waals surface area contributed by atoms with Gasteiger partial charge in [-0.25, -0.2) is 5.43 Å². The molecule has 0 radical (unpaired) electrons. The van der Waals surface area contributed by atoms with Gasteiger partial charge in [0.2, 0.25) is 0 Å². The second-order valence-electron chi connectivity index (χ2n) is 5.39. The predicted molar refractivity (Wildman–Crippen MR) is 101 cm³/mol. The number of rotatable bonds is 6. The highest BCUT2D eigenvalue weighted by molar-refractivity contribution is 9.10. The maximum absolute atomic E-state index is 12.5. The molecule has 0 spiro atoms. The normalized spacial score (nSPS) is 10.7.